The van der Waals surface area contributed by atoms with Crippen molar-refractivity contribution in [2.75, 3.05) is 38.1 Å². The van der Waals surface area contributed by atoms with Gasteiger partial charge < -0.3 is 9.80 Å². The topological polar surface area (TPSA) is 56.8 Å². The van der Waals surface area contributed by atoms with Gasteiger partial charge in [-0.2, -0.15) is 0 Å². The Kier molecular flexibility index (Phi) is 4.85. The standard InChI is InChI=1S/C21H23FN4O2/c1-24-13-20(28)26(18-6-3-8-23-12-18)15-21(24)7-9-25(14-21)19(27)11-16-4-2-5-17(22)10-16/h2-6,8,10,12H,7,9,11,13-15H2,1H3/t21-/m1/s1. The van der Waals surface area contributed by atoms with Gasteiger partial charge in [-0.3, -0.25) is 19.5 Å². The number of halogens is 1. The third kappa shape index (κ3) is 3.49. The highest BCUT2D eigenvalue weighted by atomic mass is 19.1. The predicted octanol–water partition coefficient (Wildman–Crippen LogP) is 1.71. The molecule has 1 atom stereocenters. The molecule has 4 rings (SSSR count). The number of hydrogen-bond donors (Lipinski definition) is 0. The number of pyridine rings is 1. The van der Waals surface area contributed by atoms with Crippen LogP contribution in [0.15, 0.2) is 48.8 Å². The molecule has 1 aromatic carbocycles. The monoisotopic (exact) mass is 382 g/mol. The van der Waals surface area contributed by atoms with E-state index in [2.05, 4.69) is 9.88 Å². The first-order chi connectivity index (χ1) is 13.5. The number of anilines is 1. The lowest BCUT2D eigenvalue weighted by atomic mass is 9.92. The number of nitrogens with zero attached hydrogens (tertiary/aromatic N) is 4. The molecular weight excluding hydrogens is 359 g/mol. The molecule has 2 amide bonds. The van der Waals surface area contributed by atoms with E-state index in [1.807, 2.05) is 24.1 Å². The Labute approximate surface area is 163 Å². The van der Waals surface area contributed by atoms with Crippen molar-refractivity contribution in [3.63, 3.8) is 0 Å². The van der Waals surface area contributed by atoms with Gasteiger partial charge in [-0.25, -0.2) is 4.39 Å². The van der Waals surface area contributed by atoms with Crippen LogP contribution >= 0.6 is 0 Å². The Morgan fingerprint density at radius 1 is 1.25 bits per heavy atom. The summed E-state index contributed by atoms with van der Waals surface area (Å²) >= 11 is 0. The van der Waals surface area contributed by atoms with E-state index >= 15 is 0 Å². The van der Waals surface area contributed by atoms with Gasteiger partial charge in [-0.1, -0.05) is 12.1 Å². The lowest BCUT2D eigenvalue weighted by molar-refractivity contribution is -0.130. The third-order valence-corrected chi connectivity index (χ3v) is 5.82. The number of hydrogen-bond acceptors (Lipinski definition) is 4. The number of likely N-dealkylation sites (N-methyl/N-ethyl adjacent to an activating group) is 1. The maximum Gasteiger partial charge on any atom is 0.241 e. The number of benzene rings is 1. The van der Waals surface area contributed by atoms with Crippen LogP contribution in [0.4, 0.5) is 10.1 Å². The summed E-state index contributed by atoms with van der Waals surface area (Å²) in [4.78, 5) is 35.1. The molecule has 0 aliphatic carbocycles. The molecule has 2 saturated heterocycles. The lowest BCUT2D eigenvalue weighted by Crippen LogP contribution is -2.64. The van der Waals surface area contributed by atoms with Crippen molar-refractivity contribution in [2.24, 2.45) is 0 Å². The first kappa shape index (κ1) is 18.6. The SMILES string of the molecule is CN1CC(=O)N(c2cccnc2)C[C@]12CCN(C(=O)Cc1cccc(F)c1)C2. The van der Waals surface area contributed by atoms with Gasteiger partial charge in [0.2, 0.25) is 11.8 Å². The van der Waals surface area contributed by atoms with Crippen LogP contribution in [0.5, 0.6) is 0 Å². The van der Waals surface area contributed by atoms with Crippen molar-refractivity contribution in [1.29, 1.82) is 0 Å². The first-order valence-corrected chi connectivity index (χ1v) is 9.41. The van der Waals surface area contributed by atoms with Gasteiger partial charge in [0, 0.05) is 25.8 Å². The van der Waals surface area contributed by atoms with E-state index in [-0.39, 0.29) is 29.6 Å². The largest absolute Gasteiger partial charge is 0.340 e. The number of amides is 2. The van der Waals surface area contributed by atoms with Crippen LogP contribution in [0, 0.1) is 5.82 Å². The predicted molar refractivity (Wildman–Crippen MR) is 103 cm³/mol. The lowest BCUT2D eigenvalue weighted by Gasteiger charge is -2.46. The van der Waals surface area contributed by atoms with Gasteiger partial charge in [-0.15, -0.1) is 0 Å². The number of piperazine rings is 1. The van der Waals surface area contributed by atoms with Crippen molar-refractivity contribution >= 4 is 17.5 Å². The second-order valence-corrected chi connectivity index (χ2v) is 7.64. The van der Waals surface area contributed by atoms with E-state index in [1.54, 1.807) is 29.4 Å². The molecule has 7 heteroatoms. The summed E-state index contributed by atoms with van der Waals surface area (Å²) in [7, 11) is 1.94. The van der Waals surface area contributed by atoms with Gasteiger partial charge in [-0.05, 0) is 43.3 Å². The fourth-order valence-electron chi connectivity index (χ4n) is 4.15. The van der Waals surface area contributed by atoms with E-state index in [9.17, 15) is 14.0 Å². The third-order valence-electron chi connectivity index (χ3n) is 5.82. The molecule has 146 valence electrons. The fourth-order valence-corrected chi connectivity index (χ4v) is 4.15. The minimum Gasteiger partial charge on any atom is -0.340 e. The summed E-state index contributed by atoms with van der Waals surface area (Å²) < 4.78 is 13.4. The van der Waals surface area contributed by atoms with Crippen molar-refractivity contribution in [3.05, 3.63) is 60.2 Å². The van der Waals surface area contributed by atoms with Crippen LogP contribution in [0.2, 0.25) is 0 Å². The maximum atomic E-state index is 13.4. The Balaban J connectivity index is 1.49. The first-order valence-electron chi connectivity index (χ1n) is 9.41. The zero-order valence-corrected chi connectivity index (χ0v) is 15.8. The summed E-state index contributed by atoms with van der Waals surface area (Å²) in [6, 6.07) is 9.86. The summed E-state index contributed by atoms with van der Waals surface area (Å²) in [5.41, 5.74) is 1.18. The van der Waals surface area contributed by atoms with Gasteiger partial charge in [0.1, 0.15) is 5.82 Å². The highest BCUT2D eigenvalue weighted by Gasteiger charge is 2.48. The minimum atomic E-state index is -0.333. The van der Waals surface area contributed by atoms with Crippen molar-refractivity contribution in [1.82, 2.24) is 14.8 Å². The normalized spacial score (nSPS) is 22.9. The van der Waals surface area contributed by atoms with Crippen LogP contribution in [0.1, 0.15) is 12.0 Å². The molecule has 2 aliphatic heterocycles. The van der Waals surface area contributed by atoms with E-state index in [0.717, 1.165) is 12.1 Å². The second-order valence-electron chi connectivity index (χ2n) is 7.64. The van der Waals surface area contributed by atoms with Crippen molar-refractivity contribution in [3.8, 4) is 0 Å². The highest BCUT2D eigenvalue weighted by molar-refractivity contribution is 5.96. The molecule has 1 aromatic heterocycles. The van der Waals surface area contributed by atoms with Gasteiger partial charge in [0.25, 0.3) is 0 Å². The van der Waals surface area contributed by atoms with Crippen molar-refractivity contribution < 1.29 is 14.0 Å². The van der Waals surface area contributed by atoms with Crippen LogP contribution in [0.3, 0.4) is 0 Å². The average Bonchev–Trinajstić information content (AvgIpc) is 3.11. The summed E-state index contributed by atoms with van der Waals surface area (Å²) in [6.45, 7) is 2.02. The summed E-state index contributed by atoms with van der Waals surface area (Å²) in [6.07, 6.45) is 4.35. The van der Waals surface area contributed by atoms with Crippen LogP contribution in [-0.4, -0.2) is 65.4 Å². The van der Waals surface area contributed by atoms with Gasteiger partial charge >= 0.3 is 0 Å². The molecule has 3 heterocycles. The molecule has 2 aliphatic rings. The Bertz CT molecular complexity index is 891. The molecule has 1 spiro atoms. The zero-order chi connectivity index (χ0) is 19.7. The Morgan fingerprint density at radius 3 is 2.86 bits per heavy atom. The van der Waals surface area contributed by atoms with Crippen LogP contribution < -0.4 is 4.90 Å². The number of likely N-dealkylation sites (tertiary alicyclic amines) is 1. The number of rotatable bonds is 3. The molecule has 2 fully saturated rings. The van der Waals surface area contributed by atoms with Gasteiger partial charge in [0.05, 0.1) is 30.4 Å². The van der Waals surface area contributed by atoms with Crippen LogP contribution in [-0.2, 0) is 16.0 Å². The highest BCUT2D eigenvalue weighted by Crippen LogP contribution is 2.33. The van der Waals surface area contributed by atoms with Crippen molar-refractivity contribution in [2.45, 2.75) is 18.4 Å². The second kappa shape index (κ2) is 7.31. The van der Waals surface area contributed by atoms with Crippen LogP contribution in [0.25, 0.3) is 0 Å². The quantitative estimate of drug-likeness (QED) is 0.811. The van der Waals surface area contributed by atoms with E-state index in [4.69, 9.17) is 0 Å². The molecular formula is C21H23FN4O2. The number of carbonyl (C=O) groups is 2. The molecule has 0 bridgehead atoms. The molecule has 0 N–H and O–H groups in total. The summed E-state index contributed by atoms with van der Waals surface area (Å²) in [5, 5.41) is 0. The minimum absolute atomic E-state index is 0.0132. The maximum absolute atomic E-state index is 13.4. The number of aromatic nitrogens is 1. The Hall–Kier alpha value is -2.80. The van der Waals surface area contributed by atoms with E-state index in [1.165, 1.54) is 12.1 Å². The molecule has 0 saturated carbocycles. The van der Waals surface area contributed by atoms with Gasteiger partial charge in [0.15, 0.2) is 0 Å². The smallest absolute Gasteiger partial charge is 0.241 e. The average molecular weight is 382 g/mol. The fraction of sp³-hybridized carbons (Fsp3) is 0.381. The van der Waals surface area contributed by atoms with E-state index < -0.39 is 0 Å². The number of carbonyl (C=O) groups excluding carboxylic acids is 2. The zero-order valence-electron chi connectivity index (χ0n) is 15.8. The van der Waals surface area contributed by atoms with E-state index in [0.29, 0.717) is 31.7 Å². The molecule has 2 aromatic rings. The molecule has 0 unspecified atom stereocenters. The Morgan fingerprint density at radius 2 is 2.11 bits per heavy atom. The molecule has 28 heavy (non-hydrogen) atoms. The summed E-state index contributed by atoms with van der Waals surface area (Å²) in [5.74, 6) is -0.313. The molecule has 0 radical (unpaired) electrons. The molecule has 6 nitrogen and oxygen atoms in total.